The molecule has 1 aliphatic heterocycles. The van der Waals surface area contributed by atoms with Crippen LogP contribution in [0.1, 0.15) is 6.92 Å². The molecule has 0 aliphatic carbocycles. The van der Waals surface area contributed by atoms with E-state index in [0.717, 1.165) is 0 Å². The van der Waals surface area contributed by atoms with Gasteiger partial charge in [-0.1, -0.05) is 0 Å². The van der Waals surface area contributed by atoms with Gasteiger partial charge in [-0.25, -0.2) is 4.79 Å². The molecule has 0 unspecified atom stereocenters. The molecule has 1 heterocycles. The van der Waals surface area contributed by atoms with Crippen molar-refractivity contribution >= 4 is 5.97 Å². The van der Waals surface area contributed by atoms with Crippen LogP contribution in [0.25, 0.3) is 0 Å². The Bertz CT molecular complexity index is 181. The number of esters is 1. The van der Waals surface area contributed by atoms with Crippen molar-refractivity contribution in [2.45, 2.75) is 13.0 Å². The van der Waals surface area contributed by atoms with Gasteiger partial charge in [0.05, 0.1) is 0 Å². The Morgan fingerprint density at radius 3 is 2.33 bits per heavy atom. The van der Waals surface area contributed by atoms with Gasteiger partial charge in [-0.3, -0.25) is 0 Å². The third kappa shape index (κ3) is 0.768. The van der Waals surface area contributed by atoms with Crippen LogP contribution in [0.5, 0.6) is 0 Å². The maximum Gasteiger partial charge on any atom is 0.348 e. The van der Waals surface area contributed by atoms with Gasteiger partial charge in [0.15, 0.2) is 5.76 Å². The highest BCUT2D eigenvalue weighted by atomic mass is 16.6. The van der Waals surface area contributed by atoms with E-state index in [-0.39, 0.29) is 11.5 Å². The fraction of sp³-hybridized carbons (Fsp3) is 0.400. The summed E-state index contributed by atoms with van der Waals surface area (Å²) in [7, 11) is 0. The van der Waals surface area contributed by atoms with E-state index in [2.05, 4.69) is 4.74 Å². The maximum atomic E-state index is 10.3. The number of ether oxygens (including phenoxy) is 1. The molecule has 0 saturated carbocycles. The number of aliphatic hydroxyl groups is 2. The van der Waals surface area contributed by atoms with Crippen molar-refractivity contribution in [2.75, 3.05) is 0 Å². The highest BCUT2D eigenvalue weighted by Crippen LogP contribution is 2.16. The second-order valence-electron chi connectivity index (χ2n) is 1.77. The van der Waals surface area contributed by atoms with E-state index >= 15 is 0 Å². The van der Waals surface area contributed by atoms with Gasteiger partial charge in [-0.05, 0) is 6.92 Å². The van der Waals surface area contributed by atoms with Crippen molar-refractivity contribution in [2.24, 2.45) is 0 Å². The molecule has 50 valence electrons. The van der Waals surface area contributed by atoms with Gasteiger partial charge in [0.25, 0.3) is 0 Å². The summed E-state index contributed by atoms with van der Waals surface area (Å²) in [5.41, 5.74) is 0. The van der Waals surface area contributed by atoms with Crippen LogP contribution in [-0.2, 0) is 9.53 Å². The summed E-state index contributed by atoms with van der Waals surface area (Å²) in [4.78, 5) is 10.3. The van der Waals surface area contributed by atoms with Gasteiger partial charge in [-0.2, -0.15) is 0 Å². The fourth-order valence-corrected chi connectivity index (χ4v) is 0.563. The summed E-state index contributed by atoms with van der Waals surface area (Å²) in [5, 5.41) is 17.4. The fourth-order valence-electron chi connectivity index (χ4n) is 0.563. The Morgan fingerprint density at radius 2 is 2.22 bits per heavy atom. The smallest absolute Gasteiger partial charge is 0.348 e. The Kier molecular flexibility index (Phi) is 1.17. The molecule has 1 aliphatic rings. The third-order valence-corrected chi connectivity index (χ3v) is 1.10. The van der Waals surface area contributed by atoms with E-state index in [4.69, 9.17) is 10.2 Å². The van der Waals surface area contributed by atoms with Crippen LogP contribution < -0.4 is 0 Å². The quantitative estimate of drug-likeness (QED) is 0.441. The monoisotopic (exact) mass is 130 g/mol. The highest BCUT2D eigenvalue weighted by Gasteiger charge is 2.31. The third-order valence-electron chi connectivity index (χ3n) is 1.10. The number of carbonyl (C=O) groups is 1. The second-order valence-corrected chi connectivity index (χ2v) is 1.77. The van der Waals surface area contributed by atoms with E-state index in [0.29, 0.717) is 0 Å². The summed E-state index contributed by atoms with van der Waals surface area (Å²) in [5.74, 6) is -1.13. The molecule has 9 heavy (non-hydrogen) atoms. The van der Waals surface area contributed by atoms with Gasteiger partial charge >= 0.3 is 5.97 Å². The molecule has 4 nitrogen and oxygen atoms in total. The van der Waals surface area contributed by atoms with Crippen molar-refractivity contribution < 1.29 is 19.7 Å². The largest absolute Gasteiger partial charge is 0.506 e. The second kappa shape index (κ2) is 1.73. The number of allylic oxidation sites excluding steroid dienone is 1. The van der Waals surface area contributed by atoms with Crippen LogP contribution >= 0.6 is 0 Å². The number of hydrogen-bond donors (Lipinski definition) is 2. The lowest BCUT2D eigenvalue weighted by atomic mass is 10.3. The van der Waals surface area contributed by atoms with Crippen LogP contribution in [0.3, 0.4) is 0 Å². The standard InChI is InChI=1S/C5H6O4/c1-2-3(6)4(7)5(8)9-2/h4,6-7H,1H3/t4-/m0/s1. The van der Waals surface area contributed by atoms with Crippen molar-refractivity contribution in [1.29, 1.82) is 0 Å². The minimum Gasteiger partial charge on any atom is -0.506 e. The first-order chi connectivity index (χ1) is 4.13. The van der Waals surface area contributed by atoms with E-state index in [1.807, 2.05) is 0 Å². The number of aliphatic hydroxyl groups excluding tert-OH is 2. The SMILES string of the molecule is CC1=C(O)[C@H](O)C(=O)O1. The van der Waals surface area contributed by atoms with Crippen molar-refractivity contribution in [1.82, 2.24) is 0 Å². The lowest BCUT2D eigenvalue weighted by Gasteiger charge is -1.92. The molecular weight excluding hydrogens is 124 g/mol. The Morgan fingerprint density at radius 1 is 1.67 bits per heavy atom. The molecule has 0 saturated heterocycles. The number of rotatable bonds is 0. The van der Waals surface area contributed by atoms with E-state index in [9.17, 15) is 4.79 Å². The molecule has 1 atom stereocenters. The average molecular weight is 130 g/mol. The van der Waals surface area contributed by atoms with Crippen LogP contribution in [0, 0.1) is 0 Å². The Balaban J connectivity index is 2.87. The first-order valence-corrected chi connectivity index (χ1v) is 2.42. The number of hydrogen-bond acceptors (Lipinski definition) is 4. The van der Waals surface area contributed by atoms with Crippen molar-refractivity contribution in [3.63, 3.8) is 0 Å². The topological polar surface area (TPSA) is 66.8 Å². The highest BCUT2D eigenvalue weighted by molar-refractivity contribution is 5.81. The summed E-state index contributed by atoms with van der Waals surface area (Å²) in [6.07, 6.45) is -1.47. The van der Waals surface area contributed by atoms with Crippen LogP contribution in [-0.4, -0.2) is 22.3 Å². The zero-order chi connectivity index (χ0) is 7.02. The van der Waals surface area contributed by atoms with Crippen LogP contribution in [0.2, 0.25) is 0 Å². The Labute approximate surface area is 51.4 Å². The molecule has 0 aromatic heterocycles. The van der Waals surface area contributed by atoms with Gasteiger partial charge < -0.3 is 14.9 Å². The summed E-state index contributed by atoms with van der Waals surface area (Å²) in [6, 6.07) is 0. The molecule has 0 aromatic rings. The molecule has 1 rings (SSSR count). The maximum absolute atomic E-state index is 10.3. The molecule has 0 bridgehead atoms. The zero-order valence-electron chi connectivity index (χ0n) is 4.79. The molecular formula is C5H6O4. The lowest BCUT2D eigenvalue weighted by molar-refractivity contribution is -0.144. The van der Waals surface area contributed by atoms with Gasteiger partial charge in [0.2, 0.25) is 6.10 Å². The predicted octanol–water partition coefficient (Wildman–Crippen LogP) is -0.306. The van der Waals surface area contributed by atoms with E-state index in [1.165, 1.54) is 6.92 Å². The summed E-state index contributed by atoms with van der Waals surface area (Å²) >= 11 is 0. The molecule has 0 amide bonds. The molecule has 0 spiro atoms. The predicted molar refractivity (Wildman–Crippen MR) is 27.4 cm³/mol. The molecule has 0 fully saturated rings. The first kappa shape index (κ1) is 6.10. The normalized spacial score (nSPS) is 26.9. The number of cyclic esters (lactones) is 1. The minimum atomic E-state index is -1.47. The lowest BCUT2D eigenvalue weighted by Crippen LogP contribution is -2.16. The van der Waals surface area contributed by atoms with E-state index in [1.54, 1.807) is 0 Å². The van der Waals surface area contributed by atoms with Crippen LogP contribution in [0.4, 0.5) is 0 Å². The Hall–Kier alpha value is -1.03. The van der Waals surface area contributed by atoms with Crippen molar-refractivity contribution in [3.8, 4) is 0 Å². The van der Waals surface area contributed by atoms with E-state index < -0.39 is 12.1 Å². The molecule has 2 N–H and O–H groups in total. The molecule has 0 aromatic carbocycles. The zero-order valence-corrected chi connectivity index (χ0v) is 4.79. The minimum absolute atomic E-state index is 0.0764. The van der Waals surface area contributed by atoms with Gasteiger partial charge in [0, 0.05) is 0 Å². The van der Waals surface area contributed by atoms with Crippen molar-refractivity contribution in [3.05, 3.63) is 11.5 Å². The van der Waals surface area contributed by atoms with Gasteiger partial charge in [0.1, 0.15) is 5.76 Å². The summed E-state index contributed by atoms with van der Waals surface area (Å²) in [6.45, 7) is 1.41. The molecule has 4 heteroatoms. The first-order valence-electron chi connectivity index (χ1n) is 2.42. The van der Waals surface area contributed by atoms with Crippen LogP contribution in [0.15, 0.2) is 11.5 Å². The van der Waals surface area contributed by atoms with Gasteiger partial charge in [-0.15, -0.1) is 0 Å². The number of carbonyl (C=O) groups excluding carboxylic acids is 1. The molecule has 0 radical (unpaired) electrons. The summed E-state index contributed by atoms with van der Waals surface area (Å²) < 4.78 is 4.33. The average Bonchev–Trinajstić information content (AvgIpc) is 1.98.